The van der Waals surface area contributed by atoms with Crippen LogP contribution in [-0.2, 0) is 23.9 Å². The van der Waals surface area contributed by atoms with E-state index in [-0.39, 0.29) is 24.4 Å². The molecule has 0 N–H and O–H groups in total. The van der Waals surface area contributed by atoms with Gasteiger partial charge in [0.25, 0.3) is 0 Å². The maximum Gasteiger partial charge on any atom is 0.333 e. The largest absolute Gasteiger partial charge is 0.462 e. The maximum atomic E-state index is 11.4. The summed E-state index contributed by atoms with van der Waals surface area (Å²) in [7, 11) is 0. The minimum atomic E-state index is -0.644. The zero-order valence-electron chi connectivity index (χ0n) is 11.0. The second kappa shape index (κ2) is 9.39. The molecule has 102 valence electrons. The van der Waals surface area contributed by atoms with Gasteiger partial charge in [-0.25, -0.2) is 4.79 Å². The number of esters is 2. The molecule has 0 aliphatic heterocycles. The molecule has 0 saturated carbocycles. The van der Waals surface area contributed by atoms with Crippen molar-refractivity contribution in [3.8, 4) is 0 Å². The van der Waals surface area contributed by atoms with Crippen LogP contribution in [0.4, 0.5) is 0 Å². The molecule has 0 aromatic carbocycles. The number of Topliss-reactive ketones (excluding diaryl/α,β-unsaturated/α-hetero) is 1. The van der Waals surface area contributed by atoms with Crippen molar-refractivity contribution in [2.45, 2.75) is 39.5 Å². The highest BCUT2D eigenvalue weighted by Crippen LogP contribution is 2.04. The van der Waals surface area contributed by atoms with Crippen LogP contribution >= 0.6 is 0 Å². The van der Waals surface area contributed by atoms with Gasteiger partial charge in [-0.05, 0) is 6.42 Å². The summed E-state index contributed by atoms with van der Waals surface area (Å²) < 4.78 is 9.56. The van der Waals surface area contributed by atoms with Gasteiger partial charge in [0.2, 0.25) is 0 Å². The fraction of sp³-hybridized carbons (Fsp3) is 0.615. The predicted molar refractivity (Wildman–Crippen MR) is 65.9 cm³/mol. The third-order valence-electron chi connectivity index (χ3n) is 2.17. The fourth-order valence-electron chi connectivity index (χ4n) is 0.972. The summed E-state index contributed by atoms with van der Waals surface area (Å²) in [6.45, 7) is 7.18. The monoisotopic (exact) mass is 256 g/mol. The smallest absolute Gasteiger partial charge is 0.333 e. The van der Waals surface area contributed by atoms with Crippen LogP contribution in [0, 0.1) is 0 Å². The van der Waals surface area contributed by atoms with Crippen LogP contribution in [0.15, 0.2) is 12.2 Å². The van der Waals surface area contributed by atoms with E-state index in [1.807, 2.05) is 6.92 Å². The van der Waals surface area contributed by atoms with Gasteiger partial charge >= 0.3 is 11.9 Å². The van der Waals surface area contributed by atoms with E-state index < -0.39 is 11.9 Å². The third-order valence-corrected chi connectivity index (χ3v) is 2.17. The first-order valence-corrected chi connectivity index (χ1v) is 6.03. The van der Waals surface area contributed by atoms with Gasteiger partial charge in [0.05, 0.1) is 13.0 Å². The summed E-state index contributed by atoms with van der Waals surface area (Å²) in [6.07, 6.45) is 1.75. The normalized spacial score (nSPS) is 9.67. The zero-order valence-corrected chi connectivity index (χ0v) is 11.0. The Kier molecular flexibility index (Phi) is 8.53. The average Bonchev–Trinajstić information content (AvgIpc) is 2.35. The van der Waals surface area contributed by atoms with Crippen LogP contribution in [0.25, 0.3) is 0 Å². The second-order valence-corrected chi connectivity index (χ2v) is 3.82. The highest BCUT2D eigenvalue weighted by Gasteiger charge is 2.14. The molecule has 0 spiro atoms. The molecular formula is C13H20O5. The molecule has 0 radical (unpaired) electrons. The molecule has 18 heavy (non-hydrogen) atoms. The van der Waals surface area contributed by atoms with Crippen molar-refractivity contribution in [2.75, 3.05) is 13.2 Å². The summed E-state index contributed by atoms with van der Waals surface area (Å²) in [6, 6.07) is 0. The molecule has 0 aromatic rings. The first-order chi connectivity index (χ1) is 8.51. The zero-order chi connectivity index (χ0) is 14.0. The van der Waals surface area contributed by atoms with E-state index in [0.717, 1.165) is 12.8 Å². The molecule has 0 unspecified atom stereocenters. The lowest BCUT2D eigenvalue weighted by molar-refractivity contribution is -0.149. The second-order valence-electron chi connectivity index (χ2n) is 3.82. The van der Waals surface area contributed by atoms with Crippen LogP contribution in [0.3, 0.4) is 0 Å². The molecule has 0 atom stereocenters. The van der Waals surface area contributed by atoms with Crippen LogP contribution in [0.2, 0.25) is 0 Å². The quantitative estimate of drug-likeness (QED) is 0.357. The van der Waals surface area contributed by atoms with Crippen LogP contribution in [0.1, 0.15) is 39.5 Å². The minimum absolute atomic E-state index is 0.0417. The maximum absolute atomic E-state index is 11.4. The van der Waals surface area contributed by atoms with Crippen molar-refractivity contribution >= 4 is 17.7 Å². The number of hydrogen-bond acceptors (Lipinski definition) is 5. The molecule has 5 heteroatoms. The van der Waals surface area contributed by atoms with Gasteiger partial charge in [0.1, 0.15) is 6.61 Å². The number of hydrogen-bond donors (Lipinski definition) is 0. The molecule has 0 rings (SSSR count). The Morgan fingerprint density at radius 2 is 1.78 bits per heavy atom. The Hall–Kier alpha value is -1.65. The number of carbonyl (C=O) groups excluding carboxylic acids is 3. The van der Waals surface area contributed by atoms with E-state index in [0.29, 0.717) is 13.0 Å². The fourth-order valence-corrected chi connectivity index (χ4v) is 0.972. The van der Waals surface area contributed by atoms with E-state index in [1.54, 1.807) is 6.92 Å². The Morgan fingerprint density at radius 1 is 1.11 bits per heavy atom. The molecular weight excluding hydrogens is 236 g/mol. The molecule has 0 heterocycles. The minimum Gasteiger partial charge on any atom is -0.462 e. The van der Waals surface area contributed by atoms with E-state index in [1.165, 1.54) is 0 Å². The number of ketones is 1. The summed E-state index contributed by atoms with van der Waals surface area (Å²) in [5.41, 5.74) is 0.0417. The molecule has 0 amide bonds. The summed E-state index contributed by atoms with van der Waals surface area (Å²) in [4.78, 5) is 33.5. The lowest BCUT2D eigenvalue weighted by Crippen LogP contribution is -2.16. The van der Waals surface area contributed by atoms with E-state index in [2.05, 4.69) is 11.3 Å². The van der Waals surface area contributed by atoms with Crippen LogP contribution in [-0.4, -0.2) is 30.9 Å². The van der Waals surface area contributed by atoms with Crippen molar-refractivity contribution in [1.29, 1.82) is 0 Å². The molecule has 0 fully saturated rings. The number of carbonyl (C=O) groups is 3. The molecule has 0 aliphatic rings. The SMILES string of the molecule is C=C(CC(=O)OCC(=O)CC)C(=O)OCCCC. The topological polar surface area (TPSA) is 69.7 Å². The summed E-state index contributed by atoms with van der Waals surface area (Å²) in [5, 5.41) is 0. The van der Waals surface area contributed by atoms with E-state index in [4.69, 9.17) is 4.74 Å². The lowest BCUT2D eigenvalue weighted by Gasteiger charge is -2.06. The number of ether oxygens (including phenoxy) is 2. The van der Waals surface area contributed by atoms with Gasteiger partial charge in [-0.15, -0.1) is 0 Å². The van der Waals surface area contributed by atoms with Gasteiger partial charge < -0.3 is 9.47 Å². The standard InChI is InChI=1S/C13H20O5/c1-4-6-7-17-13(16)10(3)8-12(15)18-9-11(14)5-2/h3-9H2,1-2H3. The Bertz CT molecular complexity index is 319. The first kappa shape index (κ1) is 16.4. The van der Waals surface area contributed by atoms with Crippen molar-refractivity contribution in [3.05, 3.63) is 12.2 Å². The highest BCUT2D eigenvalue weighted by atomic mass is 16.5. The van der Waals surface area contributed by atoms with Crippen LogP contribution in [0.5, 0.6) is 0 Å². The van der Waals surface area contributed by atoms with Crippen molar-refractivity contribution in [3.63, 3.8) is 0 Å². The summed E-state index contributed by atoms with van der Waals surface area (Å²) in [5.74, 6) is -1.41. The van der Waals surface area contributed by atoms with Crippen LogP contribution < -0.4 is 0 Å². The van der Waals surface area contributed by atoms with E-state index >= 15 is 0 Å². The van der Waals surface area contributed by atoms with Gasteiger partial charge in [-0.2, -0.15) is 0 Å². The third kappa shape index (κ3) is 7.60. The van der Waals surface area contributed by atoms with Gasteiger partial charge in [-0.1, -0.05) is 26.8 Å². The molecule has 0 bridgehead atoms. The van der Waals surface area contributed by atoms with Gasteiger partial charge in [0, 0.05) is 12.0 Å². The van der Waals surface area contributed by atoms with Gasteiger partial charge in [0.15, 0.2) is 5.78 Å². The van der Waals surface area contributed by atoms with Crippen molar-refractivity contribution < 1.29 is 23.9 Å². The molecule has 0 aliphatic carbocycles. The predicted octanol–water partition coefficient (Wildman–Crippen LogP) is 1.80. The van der Waals surface area contributed by atoms with E-state index in [9.17, 15) is 14.4 Å². The molecule has 0 aromatic heterocycles. The summed E-state index contributed by atoms with van der Waals surface area (Å²) >= 11 is 0. The van der Waals surface area contributed by atoms with Crippen molar-refractivity contribution in [1.82, 2.24) is 0 Å². The Balaban J connectivity index is 3.88. The lowest BCUT2D eigenvalue weighted by atomic mass is 10.2. The van der Waals surface area contributed by atoms with Crippen molar-refractivity contribution in [2.24, 2.45) is 0 Å². The number of unbranched alkanes of at least 4 members (excludes halogenated alkanes) is 1. The molecule has 5 nitrogen and oxygen atoms in total. The Morgan fingerprint density at radius 3 is 2.33 bits per heavy atom. The van der Waals surface area contributed by atoms with Gasteiger partial charge in [-0.3, -0.25) is 9.59 Å². The molecule has 0 saturated heterocycles. The first-order valence-electron chi connectivity index (χ1n) is 6.03. The Labute approximate surface area is 107 Å². The average molecular weight is 256 g/mol. The highest BCUT2D eigenvalue weighted by molar-refractivity contribution is 5.93. The number of rotatable bonds is 9.